The van der Waals surface area contributed by atoms with E-state index in [0.717, 1.165) is 0 Å². The molecule has 4 heteroatoms. The van der Waals surface area contributed by atoms with Gasteiger partial charge >= 0.3 is 0 Å². The highest BCUT2D eigenvalue weighted by Gasteiger charge is 2.01. The SMILES string of the molecule is Cc1ccc(COc2cn[nH]n2)c(C)c1. The summed E-state index contributed by atoms with van der Waals surface area (Å²) < 4.78 is 5.45. The number of aromatic amines is 1. The topological polar surface area (TPSA) is 50.8 Å². The average Bonchev–Trinajstić information content (AvgIpc) is 2.69. The molecule has 4 nitrogen and oxygen atoms in total. The van der Waals surface area contributed by atoms with Gasteiger partial charge in [-0.2, -0.15) is 10.3 Å². The minimum absolute atomic E-state index is 0.523. The minimum Gasteiger partial charge on any atom is -0.471 e. The van der Waals surface area contributed by atoms with E-state index in [-0.39, 0.29) is 0 Å². The van der Waals surface area contributed by atoms with Gasteiger partial charge < -0.3 is 4.74 Å². The summed E-state index contributed by atoms with van der Waals surface area (Å²) in [6.45, 7) is 4.68. The van der Waals surface area contributed by atoms with Crippen LogP contribution in [0.2, 0.25) is 0 Å². The van der Waals surface area contributed by atoms with Gasteiger partial charge in [0.2, 0.25) is 0 Å². The van der Waals surface area contributed by atoms with Crippen LogP contribution in [0.1, 0.15) is 16.7 Å². The molecule has 0 fully saturated rings. The van der Waals surface area contributed by atoms with Crippen molar-refractivity contribution in [1.29, 1.82) is 0 Å². The quantitative estimate of drug-likeness (QED) is 0.830. The fourth-order valence-corrected chi connectivity index (χ4v) is 1.42. The third kappa shape index (κ3) is 2.34. The summed E-state index contributed by atoms with van der Waals surface area (Å²) in [4.78, 5) is 0. The summed E-state index contributed by atoms with van der Waals surface area (Å²) in [6, 6.07) is 6.29. The molecule has 0 bridgehead atoms. The lowest BCUT2D eigenvalue weighted by Gasteiger charge is -2.06. The summed E-state index contributed by atoms with van der Waals surface area (Å²) in [5, 5.41) is 9.99. The van der Waals surface area contributed by atoms with E-state index in [1.54, 1.807) is 6.20 Å². The first-order valence-corrected chi connectivity index (χ1v) is 4.80. The molecule has 0 aliphatic carbocycles. The van der Waals surface area contributed by atoms with Crippen molar-refractivity contribution in [2.75, 3.05) is 0 Å². The Kier molecular flexibility index (Phi) is 2.67. The van der Waals surface area contributed by atoms with Crippen molar-refractivity contribution in [2.24, 2.45) is 0 Å². The van der Waals surface area contributed by atoms with Crippen molar-refractivity contribution >= 4 is 0 Å². The predicted molar refractivity (Wildman–Crippen MR) is 56.6 cm³/mol. The van der Waals surface area contributed by atoms with Gasteiger partial charge in [0, 0.05) is 0 Å². The number of nitrogens with one attached hydrogen (secondary N) is 1. The van der Waals surface area contributed by atoms with Crippen molar-refractivity contribution < 1.29 is 4.74 Å². The van der Waals surface area contributed by atoms with E-state index in [0.29, 0.717) is 12.5 Å². The smallest absolute Gasteiger partial charge is 0.253 e. The molecule has 0 amide bonds. The molecule has 0 saturated heterocycles. The highest BCUT2D eigenvalue weighted by molar-refractivity contribution is 5.30. The Labute approximate surface area is 88.3 Å². The lowest BCUT2D eigenvalue weighted by atomic mass is 10.1. The summed E-state index contributed by atoms with van der Waals surface area (Å²) in [7, 11) is 0. The normalized spacial score (nSPS) is 10.3. The molecule has 0 saturated carbocycles. The van der Waals surface area contributed by atoms with Gasteiger partial charge in [-0.1, -0.05) is 23.8 Å². The third-order valence-corrected chi connectivity index (χ3v) is 2.27. The van der Waals surface area contributed by atoms with Gasteiger partial charge in [-0.05, 0) is 25.0 Å². The molecule has 1 heterocycles. The third-order valence-electron chi connectivity index (χ3n) is 2.27. The van der Waals surface area contributed by atoms with Crippen LogP contribution in [0.4, 0.5) is 0 Å². The molecule has 0 aliphatic heterocycles. The van der Waals surface area contributed by atoms with E-state index in [1.165, 1.54) is 16.7 Å². The first-order valence-electron chi connectivity index (χ1n) is 4.80. The van der Waals surface area contributed by atoms with Crippen LogP contribution in [0.25, 0.3) is 0 Å². The van der Waals surface area contributed by atoms with Crippen LogP contribution in [-0.2, 0) is 6.61 Å². The predicted octanol–water partition coefficient (Wildman–Crippen LogP) is 2.00. The minimum atomic E-state index is 0.523. The van der Waals surface area contributed by atoms with E-state index in [4.69, 9.17) is 4.74 Å². The Morgan fingerprint density at radius 3 is 2.87 bits per heavy atom. The van der Waals surface area contributed by atoms with Crippen LogP contribution in [0.5, 0.6) is 5.88 Å². The van der Waals surface area contributed by atoms with Gasteiger partial charge in [0.25, 0.3) is 5.88 Å². The molecular weight excluding hydrogens is 190 g/mol. The first kappa shape index (κ1) is 9.71. The lowest BCUT2D eigenvalue weighted by molar-refractivity contribution is 0.292. The molecular formula is C11H13N3O. The molecule has 78 valence electrons. The zero-order chi connectivity index (χ0) is 10.7. The van der Waals surface area contributed by atoms with Crippen molar-refractivity contribution in [1.82, 2.24) is 15.4 Å². The summed E-state index contributed by atoms with van der Waals surface area (Å²) >= 11 is 0. The van der Waals surface area contributed by atoms with E-state index >= 15 is 0 Å². The number of ether oxygens (including phenoxy) is 1. The van der Waals surface area contributed by atoms with Crippen LogP contribution in [0, 0.1) is 13.8 Å². The number of aryl methyl sites for hydroxylation is 2. The standard InChI is InChI=1S/C11H13N3O/c1-8-3-4-10(9(2)5-8)7-15-11-6-12-14-13-11/h3-6H,7H2,1-2H3,(H,12,13,14). The molecule has 2 aromatic rings. The Balaban J connectivity index is 2.05. The van der Waals surface area contributed by atoms with Crippen LogP contribution >= 0.6 is 0 Å². The molecule has 1 N–H and O–H groups in total. The molecule has 0 radical (unpaired) electrons. The lowest BCUT2D eigenvalue weighted by Crippen LogP contribution is -1.98. The maximum absolute atomic E-state index is 5.45. The number of hydrogen-bond acceptors (Lipinski definition) is 3. The Hall–Kier alpha value is -1.84. The van der Waals surface area contributed by atoms with E-state index < -0.39 is 0 Å². The summed E-state index contributed by atoms with van der Waals surface area (Å²) in [6.07, 6.45) is 1.56. The zero-order valence-corrected chi connectivity index (χ0v) is 8.82. The highest BCUT2D eigenvalue weighted by atomic mass is 16.5. The maximum atomic E-state index is 5.45. The molecule has 0 unspecified atom stereocenters. The first-order chi connectivity index (χ1) is 7.25. The van der Waals surface area contributed by atoms with Crippen molar-refractivity contribution in [2.45, 2.75) is 20.5 Å². The summed E-state index contributed by atoms with van der Waals surface area (Å²) in [5.41, 5.74) is 3.67. The van der Waals surface area contributed by atoms with E-state index in [9.17, 15) is 0 Å². The summed E-state index contributed by atoms with van der Waals surface area (Å²) in [5.74, 6) is 0.523. The van der Waals surface area contributed by atoms with Crippen LogP contribution < -0.4 is 4.74 Å². The second-order valence-electron chi connectivity index (χ2n) is 3.53. The van der Waals surface area contributed by atoms with E-state index in [2.05, 4.69) is 47.5 Å². The van der Waals surface area contributed by atoms with Gasteiger partial charge in [-0.15, -0.1) is 5.10 Å². The fourth-order valence-electron chi connectivity index (χ4n) is 1.42. The van der Waals surface area contributed by atoms with Crippen molar-refractivity contribution in [3.63, 3.8) is 0 Å². The van der Waals surface area contributed by atoms with Crippen LogP contribution in [-0.4, -0.2) is 15.4 Å². The fraction of sp³-hybridized carbons (Fsp3) is 0.273. The van der Waals surface area contributed by atoms with Gasteiger partial charge in [0.1, 0.15) is 12.8 Å². The molecule has 0 atom stereocenters. The Morgan fingerprint density at radius 1 is 1.33 bits per heavy atom. The molecule has 0 aliphatic rings. The molecule has 0 spiro atoms. The van der Waals surface area contributed by atoms with Crippen LogP contribution in [0.3, 0.4) is 0 Å². The van der Waals surface area contributed by atoms with Crippen LogP contribution in [0.15, 0.2) is 24.4 Å². The number of H-pyrrole nitrogens is 1. The van der Waals surface area contributed by atoms with Crippen molar-refractivity contribution in [3.05, 3.63) is 41.1 Å². The second-order valence-corrected chi connectivity index (χ2v) is 3.53. The Morgan fingerprint density at radius 2 is 2.20 bits per heavy atom. The number of aromatic nitrogens is 3. The number of benzene rings is 1. The molecule has 15 heavy (non-hydrogen) atoms. The highest BCUT2D eigenvalue weighted by Crippen LogP contribution is 2.12. The number of rotatable bonds is 3. The van der Waals surface area contributed by atoms with Gasteiger partial charge in [0.05, 0.1) is 0 Å². The average molecular weight is 203 g/mol. The molecule has 1 aromatic carbocycles. The van der Waals surface area contributed by atoms with E-state index in [1.807, 2.05) is 0 Å². The van der Waals surface area contributed by atoms with Gasteiger partial charge in [-0.3, -0.25) is 0 Å². The van der Waals surface area contributed by atoms with Crippen molar-refractivity contribution in [3.8, 4) is 5.88 Å². The Bertz CT molecular complexity index is 437. The molecule has 1 aromatic heterocycles. The largest absolute Gasteiger partial charge is 0.471 e. The van der Waals surface area contributed by atoms with Gasteiger partial charge in [-0.25, -0.2) is 0 Å². The second kappa shape index (κ2) is 4.13. The maximum Gasteiger partial charge on any atom is 0.253 e. The zero-order valence-electron chi connectivity index (χ0n) is 8.82. The number of nitrogens with zero attached hydrogens (tertiary/aromatic N) is 2. The molecule has 2 rings (SSSR count). The number of hydrogen-bond donors (Lipinski definition) is 1. The van der Waals surface area contributed by atoms with Gasteiger partial charge in [0.15, 0.2) is 0 Å². The monoisotopic (exact) mass is 203 g/mol.